The first-order valence-electron chi connectivity index (χ1n) is 6.18. The highest BCUT2D eigenvalue weighted by Gasteiger charge is 2.26. The Hall–Kier alpha value is -1.16. The summed E-state index contributed by atoms with van der Waals surface area (Å²) in [6.45, 7) is 0. The molecule has 0 saturated carbocycles. The van der Waals surface area contributed by atoms with Crippen LogP contribution in [-0.4, -0.2) is 41.4 Å². The summed E-state index contributed by atoms with van der Waals surface area (Å²) in [5.41, 5.74) is -0.347. The van der Waals surface area contributed by atoms with Gasteiger partial charge in [0, 0.05) is 17.8 Å². The Bertz CT molecular complexity index is 514. The van der Waals surface area contributed by atoms with E-state index in [2.05, 4.69) is 36.9 Å². The van der Waals surface area contributed by atoms with Gasteiger partial charge in [-0.15, -0.1) is 11.8 Å². The molecule has 0 bridgehead atoms. The molecule has 2 heterocycles. The molecule has 7 nitrogen and oxygen atoms in total. The smallest absolute Gasteiger partial charge is 0.235 e. The largest absolute Gasteiger partial charge is 0.366 e. The van der Waals surface area contributed by atoms with Crippen LogP contribution in [0.3, 0.4) is 0 Å². The minimum Gasteiger partial charge on any atom is -0.366 e. The molecule has 1 fully saturated rings. The Labute approximate surface area is 134 Å². The first-order chi connectivity index (χ1) is 10.1. The van der Waals surface area contributed by atoms with Crippen molar-refractivity contribution in [3.05, 3.63) is 22.8 Å². The number of nitrogens with one attached hydrogen (secondary N) is 3. The molecule has 0 radical (unpaired) electrons. The van der Waals surface area contributed by atoms with E-state index in [4.69, 9.17) is 4.74 Å². The summed E-state index contributed by atoms with van der Waals surface area (Å²) in [7, 11) is 1.53. The van der Waals surface area contributed by atoms with E-state index in [0.29, 0.717) is 5.82 Å². The van der Waals surface area contributed by atoms with E-state index in [0.717, 1.165) is 4.47 Å². The van der Waals surface area contributed by atoms with E-state index in [1.54, 1.807) is 18.3 Å². The minimum atomic E-state index is -0.347. The third-order valence-corrected chi connectivity index (χ3v) is 4.15. The van der Waals surface area contributed by atoms with Crippen LogP contribution in [0, 0.1) is 0 Å². The molecule has 0 aromatic carbocycles. The minimum absolute atomic E-state index is 0.104. The van der Waals surface area contributed by atoms with Crippen molar-refractivity contribution in [3.8, 4) is 0 Å². The summed E-state index contributed by atoms with van der Waals surface area (Å²) in [6, 6.07) is 3.50. The van der Waals surface area contributed by atoms with Crippen molar-refractivity contribution in [3.63, 3.8) is 0 Å². The van der Waals surface area contributed by atoms with Crippen LogP contribution in [0.15, 0.2) is 22.8 Å². The molecule has 1 aliphatic rings. The summed E-state index contributed by atoms with van der Waals surface area (Å²) in [6.07, 6.45) is 1.55. The highest BCUT2D eigenvalue weighted by molar-refractivity contribution is 9.10. The van der Waals surface area contributed by atoms with Crippen molar-refractivity contribution >= 4 is 45.3 Å². The van der Waals surface area contributed by atoms with Crippen molar-refractivity contribution < 1.29 is 14.3 Å². The Kier molecular flexibility index (Phi) is 5.97. The second-order valence-electron chi connectivity index (χ2n) is 4.26. The van der Waals surface area contributed by atoms with Gasteiger partial charge in [-0.25, -0.2) is 4.98 Å². The van der Waals surface area contributed by atoms with Crippen LogP contribution in [0.2, 0.25) is 0 Å². The van der Waals surface area contributed by atoms with Crippen LogP contribution in [-0.2, 0) is 14.3 Å². The van der Waals surface area contributed by atoms with Crippen molar-refractivity contribution in [1.82, 2.24) is 15.6 Å². The number of methoxy groups -OCH3 is 1. The lowest BCUT2D eigenvalue weighted by Crippen LogP contribution is -2.55. The first-order valence-corrected chi connectivity index (χ1v) is 8.02. The zero-order chi connectivity index (χ0) is 15.2. The average molecular weight is 375 g/mol. The number of ether oxygens (including phenoxy) is 1. The molecule has 0 spiro atoms. The highest BCUT2D eigenvalue weighted by atomic mass is 79.9. The molecule has 9 heteroatoms. The predicted octanol–water partition coefficient (Wildman–Crippen LogP) is 0.881. The zero-order valence-corrected chi connectivity index (χ0v) is 13.7. The standard InChI is InChI=1S/C12H15BrN4O3S/c1-20-11-4-9(18)16-12(17-11)21-6-10(19)15-8-3-2-7(13)5-14-8/h2-3,5,11-12,17H,4,6H2,1H3,(H,16,18)(H,14,15,19). The van der Waals surface area contributed by atoms with Crippen molar-refractivity contribution in [2.24, 2.45) is 0 Å². The lowest BCUT2D eigenvalue weighted by Gasteiger charge is -2.29. The molecule has 1 aliphatic heterocycles. The van der Waals surface area contributed by atoms with Crippen LogP contribution in [0.25, 0.3) is 0 Å². The molecular weight excluding hydrogens is 360 g/mol. The van der Waals surface area contributed by atoms with E-state index >= 15 is 0 Å². The van der Waals surface area contributed by atoms with Gasteiger partial charge in [0.1, 0.15) is 17.5 Å². The zero-order valence-electron chi connectivity index (χ0n) is 11.3. The maximum Gasteiger partial charge on any atom is 0.235 e. The van der Waals surface area contributed by atoms with Gasteiger partial charge in [-0.1, -0.05) is 0 Å². The number of nitrogens with zero attached hydrogens (tertiary/aromatic N) is 1. The van der Waals surface area contributed by atoms with Gasteiger partial charge in [0.05, 0.1) is 12.2 Å². The number of rotatable bonds is 5. The summed E-state index contributed by atoms with van der Waals surface area (Å²) in [4.78, 5) is 27.3. The van der Waals surface area contributed by atoms with Crippen LogP contribution >= 0.6 is 27.7 Å². The van der Waals surface area contributed by atoms with Crippen LogP contribution in [0.4, 0.5) is 5.82 Å². The van der Waals surface area contributed by atoms with Crippen LogP contribution in [0.5, 0.6) is 0 Å². The summed E-state index contributed by atoms with van der Waals surface area (Å²) >= 11 is 4.55. The molecule has 114 valence electrons. The quantitative estimate of drug-likeness (QED) is 0.708. The number of hydrogen-bond acceptors (Lipinski definition) is 6. The van der Waals surface area contributed by atoms with Gasteiger partial charge in [-0.3, -0.25) is 14.9 Å². The number of halogens is 1. The van der Waals surface area contributed by atoms with Crippen molar-refractivity contribution in [2.75, 3.05) is 18.2 Å². The second-order valence-corrected chi connectivity index (χ2v) is 6.27. The normalized spacial score (nSPS) is 21.7. The van der Waals surface area contributed by atoms with Crippen LogP contribution in [0.1, 0.15) is 6.42 Å². The van der Waals surface area contributed by atoms with E-state index < -0.39 is 0 Å². The number of aromatic nitrogens is 1. The van der Waals surface area contributed by atoms with Gasteiger partial charge in [0.25, 0.3) is 0 Å². The Balaban J connectivity index is 1.78. The molecule has 3 N–H and O–H groups in total. The monoisotopic (exact) mass is 374 g/mol. The third-order valence-electron chi connectivity index (χ3n) is 2.66. The molecular formula is C12H15BrN4O3S. The number of pyridine rings is 1. The molecule has 2 unspecified atom stereocenters. The molecule has 2 amide bonds. The number of carbonyl (C=O) groups is 2. The molecule has 1 aromatic heterocycles. The van der Waals surface area contributed by atoms with Crippen LogP contribution < -0.4 is 16.0 Å². The molecule has 2 atom stereocenters. The highest BCUT2D eigenvalue weighted by Crippen LogP contribution is 2.14. The van der Waals surface area contributed by atoms with E-state index in [-0.39, 0.29) is 35.7 Å². The van der Waals surface area contributed by atoms with Gasteiger partial charge in [-0.2, -0.15) is 0 Å². The molecule has 2 rings (SSSR count). The molecule has 21 heavy (non-hydrogen) atoms. The van der Waals surface area contributed by atoms with Gasteiger partial charge in [0.15, 0.2) is 0 Å². The Morgan fingerprint density at radius 2 is 2.43 bits per heavy atom. The maximum absolute atomic E-state index is 11.8. The molecule has 1 saturated heterocycles. The number of carbonyl (C=O) groups excluding carboxylic acids is 2. The maximum atomic E-state index is 11.8. The van der Waals surface area contributed by atoms with Gasteiger partial charge in [0.2, 0.25) is 11.8 Å². The third kappa shape index (κ3) is 5.27. The van der Waals surface area contributed by atoms with Crippen molar-refractivity contribution in [1.29, 1.82) is 0 Å². The fourth-order valence-corrected chi connectivity index (χ4v) is 2.76. The van der Waals surface area contributed by atoms with E-state index in [1.165, 1.54) is 18.9 Å². The lowest BCUT2D eigenvalue weighted by molar-refractivity contribution is -0.127. The first kappa shape index (κ1) is 16.2. The Morgan fingerprint density at radius 1 is 1.62 bits per heavy atom. The van der Waals surface area contributed by atoms with E-state index in [9.17, 15) is 9.59 Å². The Morgan fingerprint density at radius 3 is 3.10 bits per heavy atom. The number of thioether (sulfide) groups is 1. The van der Waals surface area contributed by atoms with Crippen molar-refractivity contribution in [2.45, 2.75) is 18.1 Å². The van der Waals surface area contributed by atoms with E-state index in [1.807, 2.05) is 0 Å². The molecule has 1 aromatic rings. The number of anilines is 1. The lowest BCUT2D eigenvalue weighted by atomic mass is 10.3. The number of hydrogen-bond donors (Lipinski definition) is 3. The summed E-state index contributed by atoms with van der Waals surface area (Å²) < 4.78 is 5.95. The molecule has 0 aliphatic carbocycles. The topological polar surface area (TPSA) is 92.3 Å². The predicted molar refractivity (Wildman–Crippen MR) is 83.5 cm³/mol. The summed E-state index contributed by atoms with van der Waals surface area (Å²) in [5.74, 6) is 0.379. The fraction of sp³-hybridized carbons (Fsp3) is 0.417. The number of amides is 2. The van der Waals surface area contributed by atoms with Gasteiger partial charge in [-0.05, 0) is 28.1 Å². The van der Waals surface area contributed by atoms with Gasteiger partial charge >= 0.3 is 0 Å². The second kappa shape index (κ2) is 7.74. The van der Waals surface area contributed by atoms with Gasteiger partial charge < -0.3 is 15.4 Å². The fourth-order valence-electron chi connectivity index (χ4n) is 1.67. The SMILES string of the molecule is COC1CC(=O)NC(SCC(=O)Nc2ccc(Br)cn2)N1. The average Bonchev–Trinajstić information content (AvgIpc) is 2.47. The summed E-state index contributed by atoms with van der Waals surface area (Å²) in [5, 5.41) is 8.49.